The summed E-state index contributed by atoms with van der Waals surface area (Å²) in [4.78, 5) is 30.1. The maximum Gasteiger partial charge on any atom is 0.260 e. The molecule has 27 heavy (non-hydrogen) atoms. The van der Waals surface area contributed by atoms with E-state index in [1.165, 1.54) is 6.42 Å². The molecule has 0 saturated heterocycles. The number of aromatic nitrogens is 2. The summed E-state index contributed by atoms with van der Waals surface area (Å²) >= 11 is 0. The van der Waals surface area contributed by atoms with Gasteiger partial charge >= 0.3 is 0 Å². The van der Waals surface area contributed by atoms with Crippen molar-refractivity contribution in [2.75, 3.05) is 0 Å². The molecule has 140 valence electrons. The highest BCUT2D eigenvalue weighted by atomic mass is 16.3. The lowest BCUT2D eigenvalue weighted by atomic mass is 9.95. The molecular formula is C21H23N3O3. The minimum absolute atomic E-state index is 0.144. The number of amides is 1. The molecule has 0 atom stereocenters. The zero-order valence-corrected chi connectivity index (χ0v) is 15.4. The van der Waals surface area contributed by atoms with E-state index >= 15 is 0 Å². The summed E-state index contributed by atoms with van der Waals surface area (Å²) in [5, 5.41) is 3.56. The number of nitrogens with one attached hydrogen (secondary N) is 1. The van der Waals surface area contributed by atoms with Crippen LogP contribution in [0, 0.1) is 6.92 Å². The van der Waals surface area contributed by atoms with Gasteiger partial charge in [-0.05, 0) is 44.0 Å². The Bertz CT molecular complexity index is 1020. The Morgan fingerprint density at radius 2 is 2.11 bits per heavy atom. The van der Waals surface area contributed by atoms with Gasteiger partial charge in [-0.15, -0.1) is 0 Å². The zero-order valence-electron chi connectivity index (χ0n) is 15.4. The van der Waals surface area contributed by atoms with Gasteiger partial charge in [-0.3, -0.25) is 14.6 Å². The Labute approximate surface area is 157 Å². The van der Waals surface area contributed by atoms with E-state index in [2.05, 4.69) is 10.3 Å². The van der Waals surface area contributed by atoms with Crippen LogP contribution in [0.4, 0.5) is 0 Å². The lowest BCUT2D eigenvalue weighted by Crippen LogP contribution is -2.36. The van der Waals surface area contributed by atoms with Gasteiger partial charge in [-0.1, -0.05) is 19.3 Å². The fourth-order valence-corrected chi connectivity index (χ4v) is 3.74. The molecule has 6 heteroatoms. The number of carbonyl (C=O) groups excluding carboxylic acids is 1. The van der Waals surface area contributed by atoms with E-state index in [0.29, 0.717) is 34.5 Å². The molecule has 0 spiro atoms. The molecule has 1 aliphatic carbocycles. The fourth-order valence-electron chi connectivity index (χ4n) is 3.74. The Morgan fingerprint density at radius 1 is 1.30 bits per heavy atom. The quantitative estimate of drug-likeness (QED) is 0.769. The van der Waals surface area contributed by atoms with E-state index in [4.69, 9.17) is 4.42 Å². The lowest BCUT2D eigenvalue weighted by molar-refractivity contribution is 0.0927. The maximum atomic E-state index is 12.9. The number of fused-ring (bicyclic) bond motifs is 1. The van der Waals surface area contributed by atoms with Crippen LogP contribution in [0.15, 0.2) is 45.9 Å². The maximum absolute atomic E-state index is 12.9. The van der Waals surface area contributed by atoms with Crippen LogP contribution >= 0.6 is 0 Å². The molecule has 0 radical (unpaired) electrons. The minimum Gasteiger partial charge on any atom is -0.467 e. The van der Waals surface area contributed by atoms with E-state index in [-0.39, 0.29) is 17.5 Å². The van der Waals surface area contributed by atoms with Crippen molar-refractivity contribution < 1.29 is 9.21 Å². The van der Waals surface area contributed by atoms with E-state index in [9.17, 15) is 9.59 Å². The van der Waals surface area contributed by atoms with Crippen LogP contribution in [-0.2, 0) is 6.54 Å². The van der Waals surface area contributed by atoms with Crippen LogP contribution in [0.25, 0.3) is 10.9 Å². The molecule has 1 N–H and O–H groups in total. The van der Waals surface area contributed by atoms with Gasteiger partial charge in [0.15, 0.2) is 0 Å². The van der Waals surface area contributed by atoms with Gasteiger partial charge in [-0.2, -0.15) is 0 Å². The fraction of sp³-hybridized carbons (Fsp3) is 0.381. The van der Waals surface area contributed by atoms with Crippen molar-refractivity contribution in [3.8, 4) is 0 Å². The highest BCUT2D eigenvalue weighted by Crippen LogP contribution is 2.19. The number of aryl methyl sites for hydroxylation is 1. The minimum atomic E-state index is -0.178. The second kappa shape index (κ2) is 7.39. The van der Waals surface area contributed by atoms with E-state index in [1.54, 1.807) is 35.2 Å². The smallest absolute Gasteiger partial charge is 0.260 e. The average Bonchev–Trinajstić information content (AvgIpc) is 3.18. The van der Waals surface area contributed by atoms with Gasteiger partial charge in [0.2, 0.25) is 0 Å². The van der Waals surface area contributed by atoms with Crippen LogP contribution in [0.1, 0.15) is 53.9 Å². The summed E-state index contributed by atoms with van der Waals surface area (Å²) in [5.74, 6) is 0.557. The van der Waals surface area contributed by atoms with Crippen molar-refractivity contribution in [2.45, 2.75) is 51.6 Å². The number of hydrogen-bond donors (Lipinski definition) is 1. The molecule has 0 bridgehead atoms. The highest BCUT2D eigenvalue weighted by Gasteiger charge is 2.19. The van der Waals surface area contributed by atoms with E-state index < -0.39 is 0 Å². The molecule has 1 amide bonds. The van der Waals surface area contributed by atoms with Crippen molar-refractivity contribution >= 4 is 16.8 Å². The summed E-state index contributed by atoms with van der Waals surface area (Å²) < 4.78 is 6.90. The number of furan rings is 1. The Kier molecular flexibility index (Phi) is 4.79. The average molecular weight is 365 g/mol. The Morgan fingerprint density at radius 3 is 2.85 bits per heavy atom. The largest absolute Gasteiger partial charge is 0.467 e. The molecule has 3 heterocycles. The summed E-state index contributed by atoms with van der Waals surface area (Å²) in [6, 6.07) is 7.31. The number of hydrogen-bond acceptors (Lipinski definition) is 4. The molecular weight excluding hydrogens is 342 g/mol. The molecule has 0 aromatic carbocycles. The van der Waals surface area contributed by atoms with E-state index in [1.807, 2.05) is 13.0 Å². The molecule has 6 nitrogen and oxygen atoms in total. The normalized spacial score (nSPS) is 15.1. The third-order valence-corrected chi connectivity index (χ3v) is 5.24. The van der Waals surface area contributed by atoms with Crippen molar-refractivity contribution in [2.24, 2.45) is 0 Å². The number of nitrogens with zero attached hydrogens (tertiary/aromatic N) is 2. The van der Waals surface area contributed by atoms with Crippen LogP contribution < -0.4 is 10.9 Å². The summed E-state index contributed by atoms with van der Waals surface area (Å²) in [7, 11) is 0. The van der Waals surface area contributed by atoms with Gasteiger partial charge < -0.3 is 14.3 Å². The Balaban J connectivity index is 1.66. The predicted molar refractivity (Wildman–Crippen MR) is 103 cm³/mol. The second-order valence-electron chi connectivity index (χ2n) is 7.19. The molecule has 3 aromatic heterocycles. The zero-order chi connectivity index (χ0) is 18.8. The monoisotopic (exact) mass is 365 g/mol. The SMILES string of the molecule is Cc1nc2ccn(Cc3ccco3)c(=O)c2cc1C(=O)NC1CCCCC1. The first-order valence-electron chi connectivity index (χ1n) is 9.46. The Hall–Kier alpha value is -2.89. The molecule has 1 fully saturated rings. The summed E-state index contributed by atoms with van der Waals surface area (Å²) in [6.07, 6.45) is 8.86. The first kappa shape index (κ1) is 17.5. The van der Waals surface area contributed by atoms with Crippen LogP contribution in [0.3, 0.4) is 0 Å². The third-order valence-electron chi connectivity index (χ3n) is 5.24. The molecule has 4 rings (SSSR count). The van der Waals surface area contributed by atoms with Crippen LogP contribution in [0.2, 0.25) is 0 Å². The van der Waals surface area contributed by atoms with Gasteiger partial charge in [0.25, 0.3) is 11.5 Å². The topological polar surface area (TPSA) is 77.1 Å². The first-order chi connectivity index (χ1) is 13.1. The van der Waals surface area contributed by atoms with E-state index in [0.717, 1.165) is 25.7 Å². The number of pyridine rings is 2. The first-order valence-corrected chi connectivity index (χ1v) is 9.46. The molecule has 0 aliphatic heterocycles. The highest BCUT2D eigenvalue weighted by molar-refractivity contribution is 5.98. The lowest BCUT2D eigenvalue weighted by Gasteiger charge is -2.23. The summed E-state index contributed by atoms with van der Waals surface area (Å²) in [6.45, 7) is 2.16. The third kappa shape index (κ3) is 3.65. The van der Waals surface area contributed by atoms with Crippen LogP contribution in [-0.4, -0.2) is 21.5 Å². The molecule has 0 unspecified atom stereocenters. The molecule has 1 aliphatic rings. The van der Waals surface area contributed by atoms with Gasteiger partial charge in [0.1, 0.15) is 5.76 Å². The standard InChI is InChI=1S/C21H23N3O3/c1-14-17(20(25)23-15-6-3-2-4-7-15)12-18-19(22-14)9-10-24(21(18)26)13-16-8-5-11-27-16/h5,8-12,15H,2-4,6-7,13H2,1H3,(H,23,25). The van der Waals surface area contributed by atoms with Crippen molar-refractivity contribution in [1.29, 1.82) is 0 Å². The predicted octanol–water partition coefficient (Wildman–Crippen LogP) is 3.41. The second-order valence-corrected chi connectivity index (χ2v) is 7.19. The number of rotatable bonds is 4. The molecule has 1 saturated carbocycles. The summed E-state index contributed by atoms with van der Waals surface area (Å²) in [5.41, 5.74) is 1.53. The van der Waals surface area contributed by atoms with Crippen molar-refractivity contribution in [3.63, 3.8) is 0 Å². The van der Waals surface area contributed by atoms with Gasteiger partial charge in [0, 0.05) is 12.2 Å². The van der Waals surface area contributed by atoms with Crippen molar-refractivity contribution in [3.05, 3.63) is 64.1 Å². The van der Waals surface area contributed by atoms with Gasteiger partial charge in [-0.25, -0.2) is 0 Å². The van der Waals surface area contributed by atoms with Gasteiger partial charge in [0.05, 0.1) is 35.0 Å². The molecule has 3 aromatic rings. The van der Waals surface area contributed by atoms with Crippen molar-refractivity contribution in [1.82, 2.24) is 14.9 Å². The van der Waals surface area contributed by atoms with Crippen LogP contribution in [0.5, 0.6) is 0 Å². The number of carbonyl (C=O) groups is 1.